The van der Waals surface area contributed by atoms with E-state index in [1.54, 1.807) is 6.92 Å². The van der Waals surface area contributed by atoms with E-state index in [-0.39, 0.29) is 16.0 Å². The second-order valence-corrected chi connectivity index (χ2v) is 6.51. The van der Waals surface area contributed by atoms with Gasteiger partial charge in [-0.3, -0.25) is 0 Å². The van der Waals surface area contributed by atoms with Gasteiger partial charge in [0, 0.05) is 25.7 Å². The van der Waals surface area contributed by atoms with Crippen molar-refractivity contribution < 1.29 is 12.8 Å². The van der Waals surface area contributed by atoms with Crippen LogP contribution < -0.4 is 5.32 Å². The summed E-state index contributed by atoms with van der Waals surface area (Å²) in [7, 11) is -3.74. The number of hydrogen-bond acceptors (Lipinski definition) is 3. The predicted octanol–water partition coefficient (Wildman–Crippen LogP) is 1.46. The summed E-state index contributed by atoms with van der Waals surface area (Å²) in [6, 6.07) is 3.19. The molecule has 1 saturated heterocycles. The minimum absolute atomic E-state index is 0.0436. The van der Waals surface area contributed by atoms with Crippen molar-refractivity contribution in [3.05, 3.63) is 29.0 Å². The highest BCUT2D eigenvalue weighted by Gasteiger charge is 2.32. The number of sulfonamides is 1. The van der Waals surface area contributed by atoms with Gasteiger partial charge in [-0.05, 0) is 25.1 Å². The molecule has 1 atom stereocenters. The fourth-order valence-corrected chi connectivity index (χ4v) is 4.10. The van der Waals surface area contributed by atoms with E-state index in [0.29, 0.717) is 19.6 Å². The molecule has 1 fully saturated rings. The molecule has 1 aliphatic heterocycles. The third kappa shape index (κ3) is 2.51. The molecule has 1 aliphatic rings. The third-order valence-electron chi connectivity index (χ3n) is 2.92. The van der Waals surface area contributed by atoms with Gasteiger partial charge in [-0.15, -0.1) is 0 Å². The number of piperazine rings is 1. The molecule has 4 nitrogen and oxygen atoms in total. The standard InChI is InChI=1S/C11H14ClFN2O2S/c1-8-7-14-4-5-15(8)18(16,17)11-6-9(13)2-3-10(11)12/h2-3,6,8,14H,4-5,7H2,1H3/t8-/m0/s1. The minimum atomic E-state index is -3.74. The zero-order valence-electron chi connectivity index (χ0n) is 9.86. The van der Waals surface area contributed by atoms with E-state index >= 15 is 0 Å². The summed E-state index contributed by atoms with van der Waals surface area (Å²) in [6.07, 6.45) is 0. The molecule has 1 aromatic rings. The van der Waals surface area contributed by atoms with E-state index in [9.17, 15) is 12.8 Å². The van der Waals surface area contributed by atoms with E-state index in [0.717, 1.165) is 12.1 Å². The number of nitrogens with zero attached hydrogens (tertiary/aromatic N) is 1. The maximum atomic E-state index is 13.2. The van der Waals surface area contributed by atoms with Gasteiger partial charge in [0.15, 0.2) is 0 Å². The van der Waals surface area contributed by atoms with Gasteiger partial charge in [0.2, 0.25) is 10.0 Å². The summed E-state index contributed by atoms with van der Waals surface area (Å²) in [5.74, 6) is -0.610. The van der Waals surface area contributed by atoms with Crippen molar-refractivity contribution in [2.24, 2.45) is 0 Å². The summed E-state index contributed by atoms with van der Waals surface area (Å²) in [6.45, 7) is 3.32. The van der Waals surface area contributed by atoms with Gasteiger partial charge in [0.25, 0.3) is 0 Å². The van der Waals surface area contributed by atoms with Crippen LogP contribution >= 0.6 is 11.6 Å². The van der Waals surface area contributed by atoms with Gasteiger partial charge in [-0.2, -0.15) is 4.31 Å². The maximum absolute atomic E-state index is 13.2. The topological polar surface area (TPSA) is 49.4 Å². The molecule has 1 heterocycles. The molecule has 1 aromatic carbocycles. The lowest BCUT2D eigenvalue weighted by Gasteiger charge is -2.33. The SMILES string of the molecule is C[C@H]1CNCCN1S(=O)(=O)c1cc(F)ccc1Cl. The van der Waals surface area contributed by atoms with Gasteiger partial charge in [-0.25, -0.2) is 12.8 Å². The summed E-state index contributed by atoms with van der Waals surface area (Å²) in [4.78, 5) is -0.169. The van der Waals surface area contributed by atoms with Crippen LogP contribution in [0.3, 0.4) is 0 Å². The molecule has 0 aliphatic carbocycles. The Balaban J connectivity index is 2.44. The van der Waals surface area contributed by atoms with Crippen LogP contribution in [0.2, 0.25) is 5.02 Å². The molecule has 2 rings (SSSR count). The summed E-state index contributed by atoms with van der Waals surface area (Å²) in [5, 5.41) is 3.14. The summed E-state index contributed by atoms with van der Waals surface area (Å²) >= 11 is 5.86. The molecule has 0 unspecified atom stereocenters. The molecule has 0 aromatic heterocycles. The Hall–Kier alpha value is -0.690. The van der Waals surface area contributed by atoms with Crippen LogP contribution in [0.5, 0.6) is 0 Å². The van der Waals surface area contributed by atoms with Crippen molar-refractivity contribution in [2.45, 2.75) is 17.9 Å². The highest BCUT2D eigenvalue weighted by atomic mass is 35.5. The number of halogens is 2. The molecule has 0 bridgehead atoms. The second-order valence-electron chi connectivity index (χ2n) is 4.24. The van der Waals surface area contributed by atoms with Crippen LogP contribution in [0, 0.1) is 5.82 Å². The minimum Gasteiger partial charge on any atom is -0.314 e. The highest BCUT2D eigenvalue weighted by Crippen LogP contribution is 2.27. The molecule has 0 spiro atoms. The van der Waals surface area contributed by atoms with E-state index in [4.69, 9.17) is 11.6 Å². The number of hydrogen-bond donors (Lipinski definition) is 1. The van der Waals surface area contributed by atoms with Gasteiger partial charge < -0.3 is 5.32 Å². The van der Waals surface area contributed by atoms with Crippen LogP contribution in [-0.2, 0) is 10.0 Å². The fourth-order valence-electron chi connectivity index (χ4n) is 1.98. The molecule has 0 saturated carbocycles. The Morgan fingerprint density at radius 1 is 1.50 bits per heavy atom. The first kappa shape index (κ1) is 13.7. The monoisotopic (exact) mass is 292 g/mol. The molecule has 1 N–H and O–H groups in total. The van der Waals surface area contributed by atoms with E-state index < -0.39 is 15.8 Å². The number of nitrogens with one attached hydrogen (secondary N) is 1. The molecule has 100 valence electrons. The highest BCUT2D eigenvalue weighted by molar-refractivity contribution is 7.89. The maximum Gasteiger partial charge on any atom is 0.244 e. The molecule has 0 radical (unpaired) electrons. The average Bonchev–Trinajstić information content (AvgIpc) is 2.32. The van der Waals surface area contributed by atoms with Crippen molar-refractivity contribution in [3.8, 4) is 0 Å². The van der Waals surface area contributed by atoms with Gasteiger partial charge >= 0.3 is 0 Å². The normalized spacial score (nSPS) is 22.1. The average molecular weight is 293 g/mol. The fraction of sp³-hybridized carbons (Fsp3) is 0.455. The summed E-state index contributed by atoms with van der Waals surface area (Å²) in [5.41, 5.74) is 0. The van der Waals surface area contributed by atoms with Gasteiger partial charge in [0.05, 0.1) is 5.02 Å². The predicted molar refractivity (Wildman–Crippen MR) is 67.6 cm³/mol. The van der Waals surface area contributed by atoms with E-state index in [1.807, 2.05) is 0 Å². The first-order valence-electron chi connectivity index (χ1n) is 5.60. The van der Waals surface area contributed by atoms with Crippen LogP contribution in [-0.4, -0.2) is 38.4 Å². The first-order valence-corrected chi connectivity index (χ1v) is 7.42. The Morgan fingerprint density at radius 2 is 2.22 bits per heavy atom. The van der Waals surface area contributed by atoms with Gasteiger partial charge in [0.1, 0.15) is 10.7 Å². The van der Waals surface area contributed by atoms with Crippen LogP contribution in [0.4, 0.5) is 4.39 Å². The quantitative estimate of drug-likeness (QED) is 0.898. The zero-order valence-corrected chi connectivity index (χ0v) is 11.4. The van der Waals surface area contributed by atoms with Crippen molar-refractivity contribution >= 4 is 21.6 Å². The van der Waals surface area contributed by atoms with Crippen molar-refractivity contribution in [3.63, 3.8) is 0 Å². The summed E-state index contributed by atoms with van der Waals surface area (Å²) < 4.78 is 39.4. The van der Waals surface area contributed by atoms with Crippen molar-refractivity contribution in [1.29, 1.82) is 0 Å². The molecular formula is C11H14ClFN2O2S. The lowest BCUT2D eigenvalue weighted by atomic mass is 10.3. The Morgan fingerprint density at radius 3 is 2.89 bits per heavy atom. The van der Waals surface area contributed by atoms with Gasteiger partial charge in [-0.1, -0.05) is 11.6 Å². The zero-order chi connectivity index (χ0) is 13.3. The lowest BCUT2D eigenvalue weighted by Crippen LogP contribution is -2.52. The molecule has 7 heteroatoms. The second kappa shape index (κ2) is 5.13. The van der Waals surface area contributed by atoms with Crippen molar-refractivity contribution in [1.82, 2.24) is 9.62 Å². The lowest BCUT2D eigenvalue weighted by molar-refractivity contribution is 0.284. The largest absolute Gasteiger partial charge is 0.314 e. The van der Waals surface area contributed by atoms with E-state index in [2.05, 4.69) is 5.32 Å². The van der Waals surface area contributed by atoms with Crippen molar-refractivity contribution in [2.75, 3.05) is 19.6 Å². The van der Waals surface area contributed by atoms with E-state index in [1.165, 1.54) is 10.4 Å². The Bertz CT molecular complexity index is 550. The number of benzene rings is 1. The Labute approximate surface area is 111 Å². The first-order chi connectivity index (χ1) is 8.43. The molecule has 0 amide bonds. The van der Waals surface area contributed by atoms with Crippen LogP contribution in [0.25, 0.3) is 0 Å². The number of rotatable bonds is 2. The Kier molecular flexibility index (Phi) is 3.91. The van der Waals surface area contributed by atoms with Crippen LogP contribution in [0.15, 0.2) is 23.1 Å². The smallest absolute Gasteiger partial charge is 0.244 e. The molecule has 18 heavy (non-hydrogen) atoms. The molecular weight excluding hydrogens is 279 g/mol. The third-order valence-corrected chi connectivity index (χ3v) is 5.42. The van der Waals surface area contributed by atoms with Crippen LogP contribution in [0.1, 0.15) is 6.92 Å².